The van der Waals surface area contributed by atoms with Crippen molar-refractivity contribution in [2.45, 2.75) is 19.4 Å². The molecule has 0 saturated carbocycles. The minimum absolute atomic E-state index is 0.216. The molecular formula is C17H23N5OS. The lowest BCUT2D eigenvalue weighted by molar-refractivity contribution is 0.0957. The average molecular weight is 345 g/mol. The number of anilines is 1. The van der Waals surface area contributed by atoms with Gasteiger partial charge in [-0.2, -0.15) is 0 Å². The summed E-state index contributed by atoms with van der Waals surface area (Å²) >= 11 is 1.83. The lowest BCUT2D eigenvalue weighted by Gasteiger charge is -2.31. The van der Waals surface area contributed by atoms with E-state index in [1.165, 1.54) is 17.7 Å². The molecule has 0 unspecified atom stereocenters. The highest BCUT2D eigenvalue weighted by atomic mass is 32.1. The molecule has 128 valence electrons. The van der Waals surface area contributed by atoms with E-state index in [1.807, 2.05) is 17.4 Å². The fraction of sp³-hybridized carbons (Fsp3) is 0.471. The number of likely N-dealkylation sites (tertiary alicyclic amines) is 1. The molecule has 1 fully saturated rings. The lowest BCUT2D eigenvalue weighted by Crippen LogP contribution is -2.35. The third-order valence-electron chi connectivity index (χ3n) is 4.36. The van der Waals surface area contributed by atoms with Crippen molar-refractivity contribution >= 4 is 23.1 Å². The molecule has 1 amide bonds. The topological polar surface area (TPSA) is 70.2 Å². The summed E-state index contributed by atoms with van der Waals surface area (Å²) in [4.78, 5) is 15.4. The summed E-state index contributed by atoms with van der Waals surface area (Å²) in [5, 5.41) is 16.0. The second-order valence-corrected chi connectivity index (χ2v) is 7.09. The Hall–Kier alpha value is -1.99. The second-order valence-electron chi connectivity index (χ2n) is 6.06. The van der Waals surface area contributed by atoms with Gasteiger partial charge in [-0.25, -0.2) is 0 Å². The van der Waals surface area contributed by atoms with E-state index in [4.69, 9.17) is 0 Å². The molecule has 2 aromatic heterocycles. The first kappa shape index (κ1) is 16.9. The summed E-state index contributed by atoms with van der Waals surface area (Å²) in [6.07, 6.45) is 2.39. The predicted octanol–water partition coefficient (Wildman–Crippen LogP) is 2.22. The van der Waals surface area contributed by atoms with E-state index < -0.39 is 0 Å². The molecule has 6 nitrogen and oxygen atoms in total. The highest BCUT2D eigenvalue weighted by molar-refractivity contribution is 7.09. The van der Waals surface area contributed by atoms with Crippen molar-refractivity contribution in [2.75, 3.05) is 32.0 Å². The second kappa shape index (κ2) is 8.21. The lowest BCUT2D eigenvalue weighted by atomic mass is 9.97. The van der Waals surface area contributed by atoms with Gasteiger partial charge in [-0.05, 0) is 55.4 Å². The molecule has 0 spiro atoms. The van der Waals surface area contributed by atoms with Gasteiger partial charge in [-0.15, -0.1) is 21.5 Å². The quantitative estimate of drug-likeness (QED) is 0.840. The molecule has 2 N–H and O–H groups in total. The number of thiophene rings is 1. The van der Waals surface area contributed by atoms with Gasteiger partial charge >= 0.3 is 0 Å². The highest BCUT2D eigenvalue weighted by Crippen LogP contribution is 2.21. The van der Waals surface area contributed by atoms with Crippen LogP contribution in [-0.2, 0) is 6.54 Å². The van der Waals surface area contributed by atoms with Crippen LogP contribution in [0.5, 0.6) is 0 Å². The molecule has 3 heterocycles. The van der Waals surface area contributed by atoms with E-state index in [0.717, 1.165) is 32.0 Å². The molecule has 1 saturated heterocycles. The zero-order chi connectivity index (χ0) is 16.8. The van der Waals surface area contributed by atoms with Gasteiger partial charge in [0.25, 0.3) is 5.91 Å². The Labute approximate surface area is 146 Å². The number of aromatic nitrogens is 2. The van der Waals surface area contributed by atoms with Gasteiger partial charge in [0.1, 0.15) is 5.82 Å². The Balaban J connectivity index is 1.41. The number of amides is 1. The summed E-state index contributed by atoms with van der Waals surface area (Å²) in [7, 11) is 1.58. The van der Waals surface area contributed by atoms with Crippen molar-refractivity contribution in [2.24, 2.45) is 5.92 Å². The smallest absolute Gasteiger partial charge is 0.271 e. The van der Waals surface area contributed by atoms with Crippen molar-refractivity contribution in [3.05, 3.63) is 40.2 Å². The zero-order valence-corrected chi connectivity index (χ0v) is 14.7. The maximum Gasteiger partial charge on any atom is 0.271 e. The Morgan fingerprint density at radius 1 is 1.29 bits per heavy atom. The number of piperidine rings is 1. The van der Waals surface area contributed by atoms with Gasteiger partial charge in [-0.3, -0.25) is 9.69 Å². The van der Waals surface area contributed by atoms with Gasteiger partial charge in [0.05, 0.1) is 0 Å². The predicted molar refractivity (Wildman–Crippen MR) is 96.2 cm³/mol. The third-order valence-corrected chi connectivity index (χ3v) is 5.22. The molecule has 1 aliphatic rings. The molecule has 2 aromatic rings. The van der Waals surface area contributed by atoms with Gasteiger partial charge < -0.3 is 10.6 Å². The zero-order valence-electron chi connectivity index (χ0n) is 13.9. The largest absolute Gasteiger partial charge is 0.368 e. The number of nitrogens with one attached hydrogen (secondary N) is 2. The van der Waals surface area contributed by atoms with Crippen LogP contribution in [0.15, 0.2) is 29.6 Å². The van der Waals surface area contributed by atoms with Crippen molar-refractivity contribution in [1.82, 2.24) is 20.4 Å². The molecule has 0 aliphatic carbocycles. The van der Waals surface area contributed by atoms with Crippen molar-refractivity contribution in [3.8, 4) is 0 Å². The number of carbonyl (C=O) groups excluding carboxylic acids is 1. The van der Waals surface area contributed by atoms with Gasteiger partial charge in [-0.1, -0.05) is 6.07 Å². The number of rotatable bonds is 6. The fourth-order valence-electron chi connectivity index (χ4n) is 2.90. The van der Waals surface area contributed by atoms with E-state index in [0.29, 0.717) is 11.6 Å². The molecule has 1 aliphatic heterocycles. The van der Waals surface area contributed by atoms with Crippen LogP contribution < -0.4 is 10.6 Å². The summed E-state index contributed by atoms with van der Waals surface area (Å²) in [6.45, 7) is 4.27. The summed E-state index contributed by atoms with van der Waals surface area (Å²) in [6, 6.07) is 7.83. The van der Waals surface area contributed by atoms with Crippen molar-refractivity contribution in [1.29, 1.82) is 0 Å². The van der Waals surface area contributed by atoms with Crippen LogP contribution in [-0.4, -0.2) is 47.7 Å². The molecular weight excluding hydrogens is 322 g/mol. The summed E-state index contributed by atoms with van der Waals surface area (Å²) < 4.78 is 0. The van der Waals surface area contributed by atoms with Crippen LogP contribution in [0.25, 0.3) is 0 Å². The molecule has 0 atom stereocenters. The average Bonchev–Trinajstić information content (AvgIpc) is 3.14. The summed E-state index contributed by atoms with van der Waals surface area (Å²) in [5.74, 6) is 1.17. The molecule has 0 bridgehead atoms. The first-order chi connectivity index (χ1) is 11.7. The van der Waals surface area contributed by atoms with Gasteiger partial charge in [0.2, 0.25) is 0 Å². The molecule has 3 rings (SSSR count). The molecule has 0 aromatic carbocycles. The van der Waals surface area contributed by atoms with Crippen LogP contribution in [0.3, 0.4) is 0 Å². The minimum Gasteiger partial charge on any atom is -0.368 e. The molecule has 0 radical (unpaired) electrons. The number of carbonyl (C=O) groups is 1. The Morgan fingerprint density at radius 3 is 2.75 bits per heavy atom. The van der Waals surface area contributed by atoms with Gasteiger partial charge in [0.15, 0.2) is 5.69 Å². The first-order valence-corrected chi connectivity index (χ1v) is 9.17. The normalized spacial score (nSPS) is 16.0. The van der Waals surface area contributed by atoms with Crippen molar-refractivity contribution in [3.63, 3.8) is 0 Å². The van der Waals surface area contributed by atoms with Crippen LogP contribution in [0.2, 0.25) is 0 Å². The number of hydrogen-bond acceptors (Lipinski definition) is 6. The highest BCUT2D eigenvalue weighted by Gasteiger charge is 2.19. The standard InChI is InChI=1S/C17H23N5OS/c1-18-17(23)15-4-5-16(21-20-15)19-11-13-6-8-22(9-7-13)12-14-3-2-10-24-14/h2-5,10,13H,6-9,11-12H2,1H3,(H,18,23)(H,19,21). The first-order valence-electron chi connectivity index (χ1n) is 8.29. The monoisotopic (exact) mass is 345 g/mol. The summed E-state index contributed by atoms with van der Waals surface area (Å²) in [5.41, 5.74) is 0.338. The van der Waals surface area contributed by atoms with Crippen molar-refractivity contribution < 1.29 is 4.79 Å². The molecule has 24 heavy (non-hydrogen) atoms. The SMILES string of the molecule is CNC(=O)c1ccc(NCC2CCN(Cc3cccs3)CC2)nn1. The Bertz CT molecular complexity index is 636. The van der Waals surface area contributed by atoms with Crippen LogP contribution >= 0.6 is 11.3 Å². The van der Waals surface area contributed by atoms with E-state index in [2.05, 4.69) is 43.2 Å². The molecule has 7 heteroatoms. The van der Waals surface area contributed by atoms with E-state index >= 15 is 0 Å². The Morgan fingerprint density at radius 2 is 2.12 bits per heavy atom. The van der Waals surface area contributed by atoms with Gasteiger partial charge in [0, 0.05) is 25.0 Å². The maximum atomic E-state index is 11.4. The minimum atomic E-state index is -0.216. The number of hydrogen-bond donors (Lipinski definition) is 2. The third kappa shape index (κ3) is 4.52. The van der Waals surface area contributed by atoms with E-state index in [-0.39, 0.29) is 5.91 Å². The van der Waals surface area contributed by atoms with Crippen LogP contribution in [0.1, 0.15) is 28.2 Å². The van der Waals surface area contributed by atoms with E-state index in [9.17, 15) is 4.79 Å². The van der Waals surface area contributed by atoms with Crippen LogP contribution in [0, 0.1) is 5.92 Å². The number of nitrogens with zero attached hydrogens (tertiary/aromatic N) is 3. The van der Waals surface area contributed by atoms with E-state index in [1.54, 1.807) is 13.1 Å². The maximum absolute atomic E-state index is 11.4. The fourth-order valence-corrected chi connectivity index (χ4v) is 3.64. The Kier molecular flexibility index (Phi) is 5.77. The van der Waals surface area contributed by atoms with Crippen LogP contribution in [0.4, 0.5) is 5.82 Å².